The van der Waals surface area contributed by atoms with Gasteiger partial charge in [0.25, 0.3) is 5.91 Å². The molecule has 0 aliphatic heterocycles. The van der Waals surface area contributed by atoms with Crippen molar-refractivity contribution in [3.8, 4) is 0 Å². The van der Waals surface area contributed by atoms with E-state index in [9.17, 15) is 14.0 Å². The molecule has 0 radical (unpaired) electrons. The van der Waals surface area contributed by atoms with Crippen molar-refractivity contribution in [2.24, 2.45) is 5.92 Å². The van der Waals surface area contributed by atoms with Gasteiger partial charge in [0, 0.05) is 0 Å². The Hall–Kier alpha value is -1.62. The Labute approximate surface area is 109 Å². The van der Waals surface area contributed by atoms with Crippen molar-refractivity contribution in [3.63, 3.8) is 0 Å². The Balaban J connectivity index is 2.52. The fourth-order valence-corrected chi connectivity index (χ4v) is 1.29. The Kier molecular flexibility index (Phi) is 5.09. The second-order valence-electron chi connectivity index (χ2n) is 3.93. The highest BCUT2D eigenvalue weighted by Gasteiger charge is 2.12. The van der Waals surface area contributed by atoms with Crippen LogP contribution in [0.1, 0.15) is 13.8 Å². The molecule has 0 atom stereocenters. The molecule has 1 aromatic carbocycles. The molecule has 1 N–H and O–H groups in total. The monoisotopic (exact) mass is 273 g/mol. The van der Waals surface area contributed by atoms with Crippen LogP contribution >= 0.6 is 11.6 Å². The maximum absolute atomic E-state index is 12.8. The summed E-state index contributed by atoms with van der Waals surface area (Å²) in [5.41, 5.74) is 0.267. The topological polar surface area (TPSA) is 55.4 Å². The minimum Gasteiger partial charge on any atom is -0.455 e. The van der Waals surface area contributed by atoms with E-state index in [-0.39, 0.29) is 16.6 Å². The average Bonchev–Trinajstić information content (AvgIpc) is 2.29. The summed E-state index contributed by atoms with van der Waals surface area (Å²) in [5.74, 6) is -1.79. The highest BCUT2D eigenvalue weighted by Crippen LogP contribution is 2.22. The smallest absolute Gasteiger partial charge is 0.308 e. The quantitative estimate of drug-likeness (QED) is 0.858. The Bertz CT molecular complexity index is 463. The summed E-state index contributed by atoms with van der Waals surface area (Å²) in [6, 6.07) is 3.58. The average molecular weight is 274 g/mol. The van der Waals surface area contributed by atoms with Crippen LogP contribution in [0.25, 0.3) is 0 Å². The predicted molar refractivity (Wildman–Crippen MR) is 65.8 cm³/mol. The van der Waals surface area contributed by atoms with Crippen LogP contribution < -0.4 is 5.32 Å². The van der Waals surface area contributed by atoms with E-state index in [1.54, 1.807) is 13.8 Å². The number of halogens is 2. The van der Waals surface area contributed by atoms with Crippen molar-refractivity contribution >= 4 is 29.2 Å². The number of ether oxygens (including phenoxy) is 1. The molecule has 0 saturated heterocycles. The maximum Gasteiger partial charge on any atom is 0.308 e. The fraction of sp³-hybridized carbons (Fsp3) is 0.333. The Morgan fingerprint density at radius 2 is 2.11 bits per heavy atom. The summed E-state index contributed by atoms with van der Waals surface area (Å²) < 4.78 is 17.5. The highest BCUT2D eigenvalue weighted by molar-refractivity contribution is 6.33. The molecule has 4 nitrogen and oxygen atoms in total. The molecule has 0 unspecified atom stereocenters. The van der Waals surface area contributed by atoms with E-state index in [4.69, 9.17) is 16.3 Å². The number of nitrogens with one attached hydrogen (secondary N) is 1. The van der Waals surface area contributed by atoms with Crippen molar-refractivity contribution in [1.82, 2.24) is 0 Å². The zero-order valence-electron chi connectivity index (χ0n) is 10.00. The third kappa shape index (κ3) is 4.33. The summed E-state index contributed by atoms with van der Waals surface area (Å²) in [6.45, 7) is 2.93. The van der Waals surface area contributed by atoms with Gasteiger partial charge in [-0.3, -0.25) is 9.59 Å². The number of esters is 1. The van der Waals surface area contributed by atoms with Crippen molar-refractivity contribution in [1.29, 1.82) is 0 Å². The SMILES string of the molecule is CC(C)C(=O)OCC(=O)Nc1ccc(F)cc1Cl. The lowest BCUT2D eigenvalue weighted by Gasteiger charge is -2.09. The third-order valence-corrected chi connectivity index (χ3v) is 2.33. The van der Waals surface area contributed by atoms with E-state index in [0.717, 1.165) is 6.07 Å². The van der Waals surface area contributed by atoms with Gasteiger partial charge in [0.05, 0.1) is 16.6 Å². The third-order valence-electron chi connectivity index (χ3n) is 2.02. The highest BCUT2D eigenvalue weighted by atomic mass is 35.5. The molecule has 98 valence electrons. The first kappa shape index (κ1) is 14.4. The number of rotatable bonds is 4. The lowest BCUT2D eigenvalue weighted by Crippen LogP contribution is -2.23. The molecular formula is C12H13ClFNO3. The minimum absolute atomic E-state index is 0.0820. The summed E-state index contributed by atoms with van der Waals surface area (Å²) in [4.78, 5) is 22.6. The molecule has 0 aromatic heterocycles. The largest absolute Gasteiger partial charge is 0.455 e. The van der Waals surface area contributed by atoms with Crippen LogP contribution in [0.15, 0.2) is 18.2 Å². The van der Waals surface area contributed by atoms with Gasteiger partial charge in [0.1, 0.15) is 5.82 Å². The number of anilines is 1. The standard InChI is InChI=1S/C12H13ClFNO3/c1-7(2)12(17)18-6-11(16)15-10-4-3-8(14)5-9(10)13/h3-5,7H,6H2,1-2H3,(H,15,16). The van der Waals surface area contributed by atoms with Crippen LogP contribution in [-0.4, -0.2) is 18.5 Å². The molecule has 1 aromatic rings. The van der Waals surface area contributed by atoms with E-state index < -0.39 is 24.3 Å². The fourth-order valence-electron chi connectivity index (χ4n) is 1.08. The van der Waals surface area contributed by atoms with Crippen LogP contribution in [0.2, 0.25) is 5.02 Å². The molecule has 0 heterocycles. The lowest BCUT2D eigenvalue weighted by atomic mass is 10.2. The van der Waals surface area contributed by atoms with Crippen LogP contribution in [0, 0.1) is 11.7 Å². The van der Waals surface area contributed by atoms with Gasteiger partial charge in [-0.05, 0) is 18.2 Å². The van der Waals surface area contributed by atoms with Gasteiger partial charge >= 0.3 is 5.97 Å². The van der Waals surface area contributed by atoms with E-state index in [0.29, 0.717) is 0 Å². The van der Waals surface area contributed by atoms with E-state index >= 15 is 0 Å². The summed E-state index contributed by atoms with van der Waals surface area (Å²) in [7, 11) is 0. The molecule has 0 bridgehead atoms. The van der Waals surface area contributed by atoms with Crippen molar-refractivity contribution in [2.75, 3.05) is 11.9 Å². The second-order valence-corrected chi connectivity index (χ2v) is 4.34. The molecule has 0 fully saturated rings. The number of amides is 1. The molecule has 1 amide bonds. The van der Waals surface area contributed by atoms with E-state index in [1.807, 2.05) is 0 Å². The van der Waals surface area contributed by atoms with Crippen molar-refractivity contribution in [2.45, 2.75) is 13.8 Å². The molecule has 6 heteroatoms. The molecule has 0 saturated carbocycles. The molecule has 0 aliphatic rings. The van der Waals surface area contributed by atoms with Gasteiger partial charge in [-0.15, -0.1) is 0 Å². The first-order valence-corrected chi connectivity index (χ1v) is 5.69. The predicted octanol–water partition coefficient (Wildman–Crippen LogP) is 2.62. The summed E-state index contributed by atoms with van der Waals surface area (Å²) in [5, 5.41) is 2.50. The first-order valence-electron chi connectivity index (χ1n) is 5.31. The molecule has 0 aliphatic carbocycles. The normalized spacial score (nSPS) is 10.3. The van der Waals surface area contributed by atoms with Gasteiger partial charge in [0.2, 0.25) is 0 Å². The number of carbonyl (C=O) groups is 2. The summed E-state index contributed by atoms with van der Waals surface area (Å²) in [6.07, 6.45) is 0. The lowest BCUT2D eigenvalue weighted by molar-refractivity contribution is -0.150. The molecule has 0 spiro atoms. The minimum atomic E-state index is -0.530. The Morgan fingerprint density at radius 3 is 2.67 bits per heavy atom. The van der Waals surface area contributed by atoms with Crippen LogP contribution in [-0.2, 0) is 14.3 Å². The van der Waals surface area contributed by atoms with Crippen molar-refractivity contribution < 1.29 is 18.7 Å². The van der Waals surface area contributed by atoms with Gasteiger partial charge in [-0.2, -0.15) is 0 Å². The molecular weight excluding hydrogens is 261 g/mol. The number of hydrogen-bond acceptors (Lipinski definition) is 3. The molecule has 18 heavy (non-hydrogen) atoms. The van der Waals surface area contributed by atoms with E-state index in [2.05, 4.69) is 5.32 Å². The number of hydrogen-bond donors (Lipinski definition) is 1. The van der Waals surface area contributed by atoms with Crippen molar-refractivity contribution in [3.05, 3.63) is 29.0 Å². The van der Waals surface area contributed by atoms with E-state index in [1.165, 1.54) is 12.1 Å². The summed E-state index contributed by atoms with van der Waals surface area (Å²) >= 11 is 5.72. The Morgan fingerprint density at radius 1 is 1.44 bits per heavy atom. The molecule has 1 rings (SSSR count). The van der Waals surface area contributed by atoms with Gasteiger partial charge in [-0.1, -0.05) is 25.4 Å². The van der Waals surface area contributed by atoms with Crippen LogP contribution in [0.3, 0.4) is 0 Å². The first-order chi connectivity index (χ1) is 8.40. The van der Waals surface area contributed by atoms with Gasteiger partial charge < -0.3 is 10.1 Å². The number of carbonyl (C=O) groups excluding carboxylic acids is 2. The van der Waals surface area contributed by atoms with Crippen LogP contribution in [0.4, 0.5) is 10.1 Å². The zero-order valence-corrected chi connectivity index (χ0v) is 10.8. The second kappa shape index (κ2) is 6.35. The van der Waals surface area contributed by atoms with Gasteiger partial charge in [0.15, 0.2) is 6.61 Å². The van der Waals surface area contributed by atoms with Gasteiger partial charge in [-0.25, -0.2) is 4.39 Å². The maximum atomic E-state index is 12.8. The number of benzene rings is 1. The zero-order chi connectivity index (χ0) is 13.7. The van der Waals surface area contributed by atoms with Crippen LogP contribution in [0.5, 0.6) is 0 Å².